The van der Waals surface area contributed by atoms with Crippen molar-refractivity contribution in [1.29, 1.82) is 0 Å². The van der Waals surface area contributed by atoms with E-state index in [2.05, 4.69) is 15.2 Å². The first-order valence-corrected chi connectivity index (χ1v) is 6.08. The van der Waals surface area contributed by atoms with Crippen molar-refractivity contribution in [3.8, 4) is 0 Å². The highest BCUT2D eigenvalue weighted by Gasteiger charge is 2.18. The molecule has 0 saturated carbocycles. The summed E-state index contributed by atoms with van der Waals surface area (Å²) in [5.41, 5.74) is 5.21. The number of nitrogens with zero attached hydrogens (tertiary/aromatic N) is 3. The summed E-state index contributed by atoms with van der Waals surface area (Å²) in [5, 5.41) is 6.51. The lowest BCUT2D eigenvalue weighted by atomic mass is 10.6. The van der Waals surface area contributed by atoms with Crippen LogP contribution in [-0.2, 0) is 16.6 Å². The molecule has 7 nitrogen and oxygen atoms in total. The van der Waals surface area contributed by atoms with E-state index in [0.29, 0.717) is 11.6 Å². The van der Waals surface area contributed by atoms with Crippen molar-refractivity contribution in [2.45, 2.75) is 13.5 Å². The Bertz CT molecular complexity index is 413. The normalized spacial score (nSPS) is 12.3. The van der Waals surface area contributed by atoms with Gasteiger partial charge in [-0.25, -0.2) is 13.4 Å². The van der Waals surface area contributed by atoms with Crippen LogP contribution in [0.1, 0.15) is 11.6 Å². The number of sulfonamides is 1. The molecule has 15 heavy (non-hydrogen) atoms. The maximum absolute atomic E-state index is 11.5. The second-order valence-electron chi connectivity index (χ2n) is 3.20. The standard InChI is InChI=1S/C7H15N5O2S/c1-6-9-7(11-10-6)5-12(2)15(13,14)4-3-8/h3-5,8H2,1-2H3,(H,9,10,11). The summed E-state index contributed by atoms with van der Waals surface area (Å²) in [6.07, 6.45) is 0. The van der Waals surface area contributed by atoms with Gasteiger partial charge >= 0.3 is 0 Å². The van der Waals surface area contributed by atoms with Crippen LogP contribution in [0.5, 0.6) is 0 Å². The lowest BCUT2D eigenvalue weighted by Crippen LogP contribution is -2.32. The molecular weight excluding hydrogens is 218 g/mol. The molecule has 0 radical (unpaired) electrons. The molecule has 86 valence electrons. The van der Waals surface area contributed by atoms with Gasteiger partial charge in [0.25, 0.3) is 0 Å². The fourth-order valence-electron chi connectivity index (χ4n) is 1.06. The summed E-state index contributed by atoms with van der Waals surface area (Å²) in [5.74, 6) is 1.05. The molecule has 0 unspecified atom stereocenters. The highest BCUT2D eigenvalue weighted by Crippen LogP contribution is 2.03. The van der Waals surface area contributed by atoms with Crippen LogP contribution < -0.4 is 5.73 Å². The van der Waals surface area contributed by atoms with Gasteiger partial charge in [0.15, 0.2) is 5.82 Å². The number of aromatic nitrogens is 3. The number of rotatable bonds is 5. The Morgan fingerprint density at radius 2 is 2.20 bits per heavy atom. The SMILES string of the molecule is Cc1nc(CN(C)S(=O)(=O)CCN)n[nH]1. The van der Waals surface area contributed by atoms with Crippen LogP contribution in [0.3, 0.4) is 0 Å². The Kier molecular flexibility index (Phi) is 3.77. The summed E-state index contributed by atoms with van der Waals surface area (Å²) in [4.78, 5) is 4.02. The summed E-state index contributed by atoms with van der Waals surface area (Å²) >= 11 is 0. The molecule has 1 aromatic heterocycles. The third-order valence-electron chi connectivity index (χ3n) is 1.86. The van der Waals surface area contributed by atoms with Gasteiger partial charge in [0.2, 0.25) is 10.0 Å². The average molecular weight is 233 g/mol. The first-order chi connectivity index (χ1) is 6.95. The molecule has 0 spiro atoms. The third kappa shape index (κ3) is 3.26. The third-order valence-corrected chi connectivity index (χ3v) is 3.69. The topological polar surface area (TPSA) is 105 Å². The van der Waals surface area contributed by atoms with Gasteiger partial charge in [0, 0.05) is 13.6 Å². The molecule has 8 heteroatoms. The summed E-state index contributed by atoms with van der Waals surface area (Å²) in [6, 6.07) is 0. The lowest BCUT2D eigenvalue weighted by molar-refractivity contribution is 0.457. The highest BCUT2D eigenvalue weighted by molar-refractivity contribution is 7.89. The molecule has 0 aromatic carbocycles. The number of nitrogens with one attached hydrogen (secondary N) is 1. The summed E-state index contributed by atoms with van der Waals surface area (Å²) in [6.45, 7) is 2.03. The molecule has 0 saturated heterocycles. The maximum atomic E-state index is 11.5. The van der Waals surface area contributed by atoms with E-state index in [1.165, 1.54) is 11.4 Å². The molecule has 0 aliphatic heterocycles. The average Bonchev–Trinajstić information content (AvgIpc) is 2.51. The van der Waals surface area contributed by atoms with Crippen LogP contribution in [0.25, 0.3) is 0 Å². The van der Waals surface area contributed by atoms with Crippen molar-refractivity contribution < 1.29 is 8.42 Å². The minimum absolute atomic E-state index is 0.0626. The number of hydrogen-bond acceptors (Lipinski definition) is 5. The van der Waals surface area contributed by atoms with Crippen LogP contribution >= 0.6 is 0 Å². The zero-order valence-corrected chi connectivity index (χ0v) is 9.58. The predicted molar refractivity (Wildman–Crippen MR) is 55.4 cm³/mol. The Labute approximate surface area is 88.7 Å². The smallest absolute Gasteiger partial charge is 0.215 e. The van der Waals surface area contributed by atoms with Crippen LogP contribution in [0, 0.1) is 6.92 Å². The number of aromatic amines is 1. The largest absolute Gasteiger partial charge is 0.329 e. The fourth-order valence-corrected chi connectivity index (χ4v) is 1.98. The molecule has 1 rings (SSSR count). The van der Waals surface area contributed by atoms with Gasteiger partial charge in [-0.15, -0.1) is 0 Å². The Balaban J connectivity index is 2.67. The van der Waals surface area contributed by atoms with Gasteiger partial charge in [0.1, 0.15) is 5.82 Å². The quantitative estimate of drug-likeness (QED) is 0.667. The zero-order valence-electron chi connectivity index (χ0n) is 8.77. The van der Waals surface area contributed by atoms with E-state index in [-0.39, 0.29) is 18.8 Å². The predicted octanol–water partition coefficient (Wildman–Crippen LogP) is -1.17. The van der Waals surface area contributed by atoms with E-state index < -0.39 is 10.0 Å². The molecule has 0 amide bonds. The zero-order chi connectivity index (χ0) is 11.5. The van der Waals surface area contributed by atoms with Crippen molar-refractivity contribution in [1.82, 2.24) is 19.5 Å². The Hall–Kier alpha value is -0.990. The molecule has 0 atom stereocenters. The van der Waals surface area contributed by atoms with E-state index in [9.17, 15) is 8.42 Å². The molecule has 1 heterocycles. The van der Waals surface area contributed by atoms with Gasteiger partial charge in [-0.3, -0.25) is 5.10 Å². The Morgan fingerprint density at radius 3 is 2.67 bits per heavy atom. The van der Waals surface area contributed by atoms with E-state index >= 15 is 0 Å². The van der Waals surface area contributed by atoms with E-state index in [4.69, 9.17) is 5.73 Å². The molecule has 0 fully saturated rings. The minimum atomic E-state index is -3.28. The summed E-state index contributed by atoms with van der Waals surface area (Å²) < 4.78 is 24.2. The second-order valence-corrected chi connectivity index (χ2v) is 5.39. The number of nitrogens with two attached hydrogens (primary N) is 1. The van der Waals surface area contributed by atoms with E-state index in [0.717, 1.165) is 0 Å². The first kappa shape index (κ1) is 12.1. The molecule has 1 aromatic rings. The molecule has 3 N–H and O–H groups in total. The molecule has 0 bridgehead atoms. The number of aryl methyl sites for hydroxylation is 1. The van der Waals surface area contributed by atoms with Gasteiger partial charge in [0.05, 0.1) is 12.3 Å². The minimum Gasteiger partial charge on any atom is -0.329 e. The lowest BCUT2D eigenvalue weighted by Gasteiger charge is -2.14. The van der Waals surface area contributed by atoms with Gasteiger partial charge in [-0.1, -0.05) is 0 Å². The van der Waals surface area contributed by atoms with Crippen molar-refractivity contribution in [3.05, 3.63) is 11.6 Å². The molecular formula is C7H15N5O2S. The maximum Gasteiger partial charge on any atom is 0.215 e. The van der Waals surface area contributed by atoms with Crippen molar-refractivity contribution >= 4 is 10.0 Å². The first-order valence-electron chi connectivity index (χ1n) is 4.47. The van der Waals surface area contributed by atoms with Crippen LogP contribution in [-0.4, -0.2) is 47.2 Å². The van der Waals surface area contributed by atoms with Crippen LogP contribution in [0.15, 0.2) is 0 Å². The Morgan fingerprint density at radius 1 is 1.53 bits per heavy atom. The monoisotopic (exact) mass is 233 g/mol. The van der Waals surface area contributed by atoms with Crippen LogP contribution in [0.4, 0.5) is 0 Å². The van der Waals surface area contributed by atoms with E-state index in [1.54, 1.807) is 6.92 Å². The van der Waals surface area contributed by atoms with Crippen molar-refractivity contribution in [2.24, 2.45) is 5.73 Å². The number of hydrogen-bond donors (Lipinski definition) is 2. The summed E-state index contributed by atoms with van der Waals surface area (Å²) in [7, 11) is -1.80. The van der Waals surface area contributed by atoms with Crippen LogP contribution in [0.2, 0.25) is 0 Å². The van der Waals surface area contributed by atoms with Crippen molar-refractivity contribution in [3.63, 3.8) is 0 Å². The number of H-pyrrole nitrogens is 1. The van der Waals surface area contributed by atoms with Gasteiger partial charge in [-0.2, -0.15) is 9.40 Å². The van der Waals surface area contributed by atoms with Crippen molar-refractivity contribution in [2.75, 3.05) is 19.3 Å². The molecule has 0 aliphatic carbocycles. The molecule has 0 aliphatic rings. The van der Waals surface area contributed by atoms with Gasteiger partial charge < -0.3 is 5.73 Å². The van der Waals surface area contributed by atoms with E-state index in [1.807, 2.05) is 0 Å². The second kappa shape index (κ2) is 4.69. The van der Waals surface area contributed by atoms with Gasteiger partial charge in [-0.05, 0) is 6.92 Å². The fraction of sp³-hybridized carbons (Fsp3) is 0.714. The highest BCUT2D eigenvalue weighted by atomic mass is 32.2.